The van der Waals surface area contributed by atoms with Gasteiger partial charge in [-0.2, -0.15) is 0 Å². The molecule has 0 saturated carbocycles. The number of benzene rings is 1. The van der Waals surface area contributed by atoms with Crippen molar-refractivity contribution in [3.63, 3.8) is 0 Å². The van der Waals surface area contributed by atoms with Crippen molar-refractivity contribution in [3.8, 4) is 11.1 Å². The Morgan fingerprint density at radius 1 is 1.16 bits per heavy atom. The minimum atomic E-state index is -0.446. The van der Waals surface area contributed by atoms with E-state index >= 15 is 0 Å². The molecule has 0 spiro atoms. The molecule has 2 amide bonds. The lowest BCUT2D eigenvalue weighted by atomic mass is 9.98. The molecular weight excluding hydrogens is 336 g/mol. The minimum Gasteiger partial charge on any atom is -0.466 e. The Bertz CT molecular complexity index is 841. The van der Waals surface area contributed by atoms with Crippen molar-refractivity contribution in [1.29, 1.82) is 0 Å². The molecule has 1 aromatic heterocycles. The second-order valence-corrected chi connectivity index (χ2v) is 6.89. The number of allylic oxidation sites excluding steroid dienone is 1. The third kappa shape index (κ3) is 2.93. The number of thiophene rings is 1. The van der Waals surface area contributed by atoms with Crippen LogP contribution in [0.1, 0.15) is 17.8 Å². The minimum absolute atomic E-state index is 0.148. The predicted octanol–water partition coefficient (Wildman–Crippen LogP) is 3.90. The maximum atomic E-state index is 12.5. The summed E-state index contributed by atoms with van der Waals surface area (Å²) in [7, 11) is 4.73. The second-order valence-electron chi connectivity index (χ2n) is 5.95. The smallest absolute Gasteiger partial charge is 0.338 e. The van der Waals surface area contributed by atoms with E-state index in [4.69, 9.17) is 4.74 Å². The van der Waals surface area contributed by atoms with Crippen LogP contribution in [0.25, 0.3) is 11.1 Å². The lowest BCUT2D eigenvalue weighted by molar-refractivity contribution is -0.137. The van der Waals surface area contributed by atoms with Gasteiger partial charge in [-0.3, -0.25) is 0 Å². The van der Waals surface area contributed by atoms with Crippen molar-refractivity contribution < 1.29 is 14.3 Å². The first-order valence-electron chi connectivity index (χ1n) is 7.89. The summed E-state index contributed by atoms with van der Waals surface area (Å²) in [5.74, 6) is -0.414. The zero-order valence-corrected chi connectivity index (χ0v) is 15.5. The molecule has 0 aliphatic carbocycles. The van der Waals surface area contributed by atoms with Crippen molar-refractivity contribution in [1.82, 2.24) is 9.80 Å². The molecule has 0 N–H and O–H groups in total. The molecule has 1 aliphatic rings. The van der Waals surface area contributed by atoms with Gasteiger partial charge in [0.2, 0.25) is 0 Å². The number of rotatable bonds is 3. The standard InChI is InChI=1S/C19H20N2O3S/c1-12-16(18(22)24-4)17(21(3)19(23)20(12)2)15-10-14(11-25-15)13-8-6-5-7-9-13/h5-11,17H,1-4H3/t17-/m0/s1. The highest BCUT2D eigenvalue weighted by atomic mass is 32.1. The average Bonchev–Trinajstić information content (AvgIpc) is 3.12. The third-order valence-corrected chi connectivity index (χ3v) is 5.53. The highest BCUT2D eigenvalue weighted by Crippen LogP contribution is 2.40. The molecular formula is C19H20N2O3S. The zero-order valence-electron chi connectivity index (χ0n) is 14.6. The van der Waals surface area contributed by atoms with E-state index in [0.717, 1.165) is 16.0 Å². The summed E-state index contributed by atoms with van der Waals surface area (Å²) in [6.07, 6.45) is 0. The molecule has 1 aromatic carbocycles. The number of likely N-dealkylation sites (N-methyl/N-ethyl adjacent to an activating group) is 1. The molecule has 3 rings (SSSR count). The van der Waals surface area contributed by atoms with Crippen molar-refractivity contribution in [3.05, 3.63) is 57.9 Å². The number of nitrogens with zero attached hydrogens (tertiary/aromatic N) is 2. The highest BCUT2D eigenvalue weighted by molar-refractivity contribution is 7.10. The van der Waals surface area contributed by atoms with Crippen molar-refractivity contribution in [2.75, 3.05) is 21.2 Å². The second kappa shape index (κ2) is 6.72. The number of esters is 1. The van der Waals surface area contributed by atoms with Crippen LogP contribution >= 0.6 is 11.3 Å². The van der Waals surface area contributed by atoms with Crippen LogP contribution in [-0.2, 0) is 9.53 Å². The number of amides is 2. The van der Waals surface area contributed by atoms with Crippen LogP contribution in [0.3, 0.4) is 0 Å². The van der Waals surface area contributed by atoms with Crippen LogP contribution in [0.5, 0.6) is 0 Å². The van der Waals surface area contributed by atoms with Gasteiger partial charge in [-0.05, 0) is 29.5 Å². The van der Waals surface area contributed by atoms with Crippen LogP contribution in [0.2, 0.25) is 0 Å². The van der Waals surface area contributed by atoms with E-state index in [-0.39, 0.29) is 6.03 Å². The van der Waals surface area contributed by atoms with Gasteiger partial charge >= 0.3 is 12.0 Å². The fourth-order valence-electron chi connectivity index (χ4n) is 3.04. The van der Waals surface area contributed by atoms with Crippen molar-refractivity contribution >= 4 is 23.3 Å². The topological polar surface area (TPSA) is 49.9 Å². The van der Waals surface area contributed by atoms with E-state index < -0.39 is 12.0 Å². The molecule has 0 unspecified atom stereocenters. The fourth-order valence-corrected chi connectivity index (χ4v) is 4.11. The van der Waals surface area contributed by atoms with Crippen molar-refractivity contribution in [2.24, 2.45) is 0 Å². The number of hydrogen-bond acceptors (Lipinski definition) is 4. The first-order valence-corrected chi connectivity index (χ1v) is 8.77. The Morgan fingerprint density at radius 2 is 1.84 bits per heavy atom. The first-order chi connectivity index (χ1) is 12.0. The molecule has 0 bridgehead atoms. The molecule has 0 fully saturated rings. The number of ether oxygens (including phenoxy) is 1. The highest BCUT2D eigenvalue weighted by Gasteiger charge is 2.39. The van der Waals surface area contributed by atoms with Crippen LogP contribution in [-0.4, -0.2) is 43.0 Å². The van der Waals surface area contributed by atoms with Gasteiger partial charge in [0.1, 0.15) is 6.04 Å². The summed E-state index contributed by atoms with van der Waals surface area (Å²) < 4.78 is 4.98. The van der Waals surface area contributed by atoms with Gasteiger partial charge in [-0.1, -0.05) is 30.3 Å². The molecule has 130 valence electrons. The SMILES string of the molecule is COC(=O)C1=C(C)N(C)C(=O)N(C)[C@H]1c1cc(-c2ccccc2)cs1. The van der Waals surface area contributed by atoms with Crippen molar-refractivity contribution in [2.45, 2.75) is 13.0 Å². The number of urea groups is 1. The van der Waals surface area contributed by atoms with Crippen LogP contribution in [0, 0.1) is 0 Å². The van der Waals surface area contributed by atoms with Gasteiger partial charge in [-0.15, -0.1) is 11.3 Å². The van der Waals surface area contributed by atoms with Crippen LogP contribution < -0.4 is 0 Å². The Hall–Kier alpha value is -2.60. The fraction of sp³-hybridized carbons (Fsp3) is 0.263. The Balaban J connectivity index is 2.09. The Kier molecular flexibility index (Phi) is 4.63. The maximum absolute atomic E-state index is 12.5. The lowest BCUT2D eigenvalue weighted by Crippen LogP contribution is -2.47. The van der Waals surface area contributed by atoms with Gasteiger partial charge in [0, 0.05) is 24.7 Å². The zero-order chi connectivity index (χ0) is 18.1. The summed E-state index contributed by atoms with van der Waals surface area (Å²) in [4.78, 5) is 28.9. The largest absolute Gasteiger partial charge is 0.466 e. The molecule has 25 heavy (non-hydrogen) atoms. The summed E-state index contributed by atoms with van der Waals surface area (Å²) in [6.45, 7) is 1.77. The lowest BCUT2D eigenvalue weighted by Gasteiger charge is -2.38. The third-order valence-electron chi connectivity index (χ3n) is 4.54. The normalized spacial score (nSPS) is 17.9. The molecule has 0 radical (unpaired) electrons. The predicted molar refractivity (Wildman–Crippen MR) is 98.1 cm³/mol. The molecule has 0 saturated heterocycles. The van der Waals surface area contributed by atoms with Gasteiger partial charge in [0.05, 0.1) is 12.7 Å². The van der Waals surface area contributed by atoms with E-state index in [1.54, 1.807) is 25.9 Å². The maximum Gasteiger partial charge on any atom is 0.338 e. The van der Waals surface area contributed by atoms with E-state index in [9.17, 15) is 9.59 Å². The summed E-state index contributed by atoms with van der Waals surface area (Å²) in [6, 6.07) is 11.5. The molecule has 5 nitrogen and oxygen atoms in total. The number of carbonyl (C=O) groups is 2. The number of methoxy groups -OCH3 is 1. The summed E-state index contributed by atoms with van der Waals surface area (Å²) in [5, 5.41) is 2.05. The number of hydrogen-bond donors (Lipinski definition) is 0. The Morgan fingerprint density at radius 3 is 2.48 bits per heavy atom. The average molecular weight is 356 g/mol. The van der Waals surface area contributed by atoms with Crippen LogP contribution in [0.4, 0.5) is 4.79 Å². The molecule has 2 heterocycles. The molecule has 6 heteroatoms. The van der Waals surface area contributed by atoms with E-state index in [2.05, 4.69) is 0 Å². The number of carbonyl (C=O) groups excluding carboxylic acids is 2. The van der Waals surface area contributed by atoms with Gasteiger partial charge in [-0.25, -0.2) is 9.59 Å². The van der Waals surface area contributed by atoms with Gasteiger partial charge in [0.25, 0.3) is 0 Å². The van der Waals surface area contributed by atoms with E-state index in [1.807, 2.05) is 41.8 Å². The monoisotopic (exact) mass is 356 g/mol. The summed E-state index contributed by atoms with van der Waals surface area (Å²) >= 11 is 1.54. The quantitative estimate of drug-likeness (QED) is 0.784. The molecule has 1 aliphatic heterocycles. The Labute approximate surface area is 151 Å². The van der Waals surface area contributed by atoms with Gasteiger partial charge in [0.15, 0.2) is 0 Å². The van der Waals surface area contributed by atoms with E-state index in [0.29, 0.717) is 11.3 Å². The molecule has 2 aromatic rings. The molecule has 1 atom stereocenters. The first kappa shape index (κ1) is 17.2. The summed E-state index contributed by atoms with van der Waals surface area (Å²) in [5.41, 5.74) is 3.29. The van der Waals surface area contributed by atoms with Crippen LogP contribution in [0.15, 0.2) is 53.0 Å². The van der Waals surface area contributed by atoms with Gasteiger partial charge < -0.3 is 14.5 Å². The van der Waals surface area contributed by atoms with E-state index in [1.165, 1.54) is 23.3 Å².